The van der Waals surface area contributed by atoms with Gasteiger partial charge < -0.3 is 44.1 Å². The third kappa shape index (κ3) is 18.8. The third-order valence-electron chi connectivity index (χ3n) is 20.3. The summed E-state index contributed by atoms with van der Waals surface area (Å²) in [4.78, 5) is 47.5. The predicted molar refractivity (Wildman–Crippen MR) is 457 cm³/mol. The molecule has 0 bridgehead atoms. The van der Waals surface area contributed by atoms with Crippen molar-refractivity contribution in [2.75, 3.05) is 0 Å². The second kappa shape index (κ2) is 38.3. The van der Waals surface area contributed by atoms with E-state index in [9.17, 15) is 13.2 Å². The van der Waals surface area contributed by atoms with Crippen LogP contribution in [-0.4, -0.2) is 83.8 Å². The first-order valence-electron chi connectivity index (χ1n) is 39.0. The number of aryl methyl sites for hydroxylation is 7. The Labute approximate surface area is 746 Å². The minimum atomic E-state index is -4.56. The van der Waals surface area contributed by atoms with Crippen LogP contribution < -0.4 is 29.0 Å². The summed E-state index contributed by atoms with van der Waals surface area (Å²) in [5.74, 6) is 0.223. The van der Waals surface area contributed by atoms with Crippen molar-refractivity contribution in [3.05, 3.63) is 298 Å². The first kappa shape index (κ1) is 87.7. The Morgan fingerprint density at radius 3 is 1.01 bits per heavy atom. The molecule has 15 aromatic heterocycles. The molecule has 29 heteroatoms. The van der Waals surface area contributed by atoms with Crippen molar-refractivity contribution in [1.29, 1.82) is 0 Å². The summed E-state index contributed by atoms with van der Waals surface area (Å²) in [5, 5.41) is 30.2. The summed E-state index contributed by atoms with van der Waals surface area (Å²) in [6.07, 6.45) is 11.2. The van der Waals surface area contributed by atoms with Gasteiger partial charge in [0.2, 0.25) is 11.4 Å². The SMILES string of the molecule is CCn1c2ccccc2c2c[c-]c(-c3ccc4nccnc4n3)cc21.CCn1c2ccccc2c2c[c-]c(-c3ccc4nccnc4n3)cc21.CCn1c2ccccc2c2c[c-]c(-c3ccc4nccnc4n3)cc21.C[n+]1ccccc1-c1nc(C(C)(C)C)n[n-]1.C[n+]1ccccc1-c1nc(C(F)(F)F)n[n-]1.Cc1cc(-c2cccc[n+]2C)[n-]n1.[Ir].[Ir].[Ir]. The number of halogens is 3. The zero-order chi connectivity index (χ0) is 83.2. The van der Waals surface area contributed by atoms with Crippen molar-refractivity contribution in [2.24, 2.45) is 21.1 Å². The molecule has 6 aromatic carbocycles. The molecule has 21 rings (SSSR count). The zero-order valence-electron chi connectivity index (χ0n) is 68.4. The quantitative estimate of drug-likeness (QED) is 0.0962. The first-order valence-corrected chi connectivity index (χ1v) is 39.0. The Morgan fingerprint density at radius 1 is 0.358 bits per heavy atom. The van der Waals surface area contributed by atoms with Crippen LogP contribution in [0.2, 0.25) is 0 Å². The molecule has 0 saturated heterocycles. The predicted octanol–water partition coefficient (Wildman–Crippen LogP) is 16.9. The van der Waals surface area contributed by atoms with E-state index < -0.39 is 12.0 Å². The first-order chi connectivity index (χ1) is 58.3. The van der Waals surface area contributed by atoms with E-state index in [1.165, 1.54) is 65.4 Å². The Hall–Kier alpha value is -13.1. The summed E-state index contributed by atoms with van der Waals surface area (Å²) in [7, 11) is 5.67. The van der Waals surface area contributed by atoms with Gasteiger partial charge in [-0.15, -0.1) is 71.3 Å². The molecule has 0 N–H and O–H groups in total. The van der Waals surface area contributed by atoms with E-state index in [-0.39, 0.29) is 71.6 Å². The molecular formula is C94H79F3Ir3N23-3. The van der Waals surface area contributed by atoms with E-state index in [4.69, 9.17) is 0 Å². The fourth-order valence-corrected chi connectivity index (χ4v) is 14.4. The van der Waals surface area contributed by atoms with Gasteiger partial charge in [0.05, 0.1) is 0 Å². The molecule has 0 aliphatic carbocycles. The van der Waals surface area contributed by atoms with E-state index >= 15 is 0 Å². The van der Waals surface area contributed by atoms with Crippen LogP contribution in [0.25, 0.3) is 167 Å². The Balaban J connectivity index is 0.000000129. The smallest absolute Gasteiger partial charge is 0.429 e. The van der Waals surface area contributed by atoms with E-state index in [1.54, 1.807) is 73.2 Å². The minimum absolute atomic E-state index is 0. The maximum absolute atomic E-state index is 12.2. The van der Waals surface area contributed by atoms with Crippen LogP contribution in [0.15, 0.2) is 262 Å². The van der Waals surface area contributed by atoms with Crippen molar-refractivity contribution in [3.63, 3.8) is 0 Å². The number of fused-ring (bicyclic) bond motifs is 12. The van der Waals surface area contributed by atoms with Crippen molar-refractivity contribution in [1.82, 2.24) is 99.1 Å². The van der Waals surface area contributed by atoms with Crippen molar-refractivity contribution >= 4 is 98.9 Å². The molecule has 0 amide bonds. The monoisotopic (exact) mass is 2170 g/mol. The van der Waals surface area contributed by atoms with Crippen molar-refractivity contribution < 1.29 is 87.2 Å². The maximum atomic E-state index is 12.2. The number of nitrogens with zero attached hydrogens (tertiary/aromatic N) is 23. The molecule has 0 atom stereocenters. The molecule has 621 valence electrons. The normalized spacial score (nSPS) is 11.2. The second-order valence-corrected chi connectivity index (χ2v) is 29.1. The summed E-state index contributed by atoms with van der Waals surface area (Å²) in [5.41, 5.74) is 21.6. The molecule has 0 saturated carbocycles. The maximum Gasteiger partial charge on any atom is 0.429 e. The van der Waals surface area contributed by atoms with Crippen LogP contribution >= 0.6 is 0 Å². The van der Waals surface area contributed by atoms with Crippen LogP contribution in [0.1, 0.15) is 58.9 Å². The number of hydrogen-bond donors (Lipinski definition) is 0. The summed E-state index contributed by atoms with van der Waals surface area (Å²) >= 11 is 0. The average molecular weight is 2160 g/mol. The second-order valence-electron chi connectivity index (χ2n) is 29.1. The Morgan fingerprint density at radius 2 is 0.691 bits per heavy atom. The van der Waals surface area contributed by atoms with Crippen LogP contribution in [0.4, 0.5) is 13.2 Å². The van der Waals surface area contributed by atoms with Gasteiger partial charge >= 0.3 is 6.18 Å². The molecule has 0 aliphatic heterocycles. The van der Waals surface area contributed by atoms with Crippen molar-refractivity contribution in [3.8, 4) is 68.2 Å². The van der Waals surface area contributed by atoms with Gasteiger partial charge in [0, 0.05) is 199 Å². The number of rotatable bonds is 9. The number of para-hydroxylation sites is 3. The Kier molecular flexibility index (Phi) is 27.3. The summed E-state index contributed by atoms with van der Waals surface area (Å²) in [6, 6.07) is 79.3. The number of pyridine rings is 6. The van der Waals surface area contributed by atoms with Gasteiger partial charge in [-0.25, -0.2) is 28.7 Å². The third-order valence-corrected chi connectivity index (χ3v) is 20.3. The molecule has 0 fully saturated rings. The zero-order valence-corrected chi connectivity index (χ0v) is 75.6. The largest absolute Gasteiger partial charge is 0.570 e. The Bertz CT molecular complexity index is 6730. The van der Waals surface area contributed by atoms with Crippen LogP contribution in [-0.2, 0) is 113 Å². The minimum Gasteiger partial charge on any atom is -0.570 e. The number of hydrogen-bond acceptors (Lipinski definition) is 14. The van der Waals surface area contributed by atoms with Gasteiger partial charge in [-0.2, -0.15) is 13.2 Å². The van der Waals surface area contributed by atoms with E-state index in [0.29, 0.717) is 28.5 Å². The number of alkyl halides is 3. The van der Waals surface area contributed by atoms with Gasteiger partial charge in [0.15, 0.2) is 41.2 Å². The molecule has 0 unspecified atom stereocenters. The van der Waals surface area contributed by atoms with Crippen LogP contribution in [0, 0.1) is 25.1 Å². The van der Waals surface area contributed by atoms with E-state index in [0.717, 1.165) is 98.6 Å². The van der Waals surface area contributed by atoms with Gasteiger partial charge in [-0.05, 0) is 144 Å². The van der Waals surface area contributed by atoms with Gasteiger partial charge in [-0.3, -0.25) is 40.1 Å². The van der Waals surface area contributed by atoms with Crippen LogP contribution in [0.5, 0.6) is 0 Å². The molecule has 21 aromatic rings. The topological polar surface area (TPSA) is 249 Å². The van der Waals surface area contributed by atoms with Gasteiger partial charge in [0.25, 0.3) is 0 Å². The van der Waals surface area contributed by atoms with Crippen LogP contribution in [0.3, 0.4) is 0 Å². The van der Waals surface area contributed by atoms with Gasteiger partial charge in [0.1, 0.15) is 43.5 Å². The van der Waals surface area contributed by atoms with Gasteiger partial charge in [-0.1, -0.05) is 110 Å². The summed E-state index contributed by atoms with van der Waals surface area (Å²) in [6.45, 7) is 17.5. The van der Waals surface area contributed by atoms with Crippen molar-refractivity contribution in [2.45, 2.75) is 79.7 Å². The fraction of sp³-hybridized carbons (Fsp3) is 0.160. The average Bonchev–Trinajstić information content (AvgIpc) is 1.62. The standard InChI is InChI=1S/3C21H15N4.C12H16N4.C10H11N3.C9H7F3N4.3Ir/c3*1-2-25-19-6-4-3-5-15(19)16-8-7-14(13-20(16)25)17-9-10-18-21(24-17)23-12-11-22-18;1-12(2,3)11-13-10(14-15-11)9-7-5-6-8-16(9)4;1-8-7-9(12-11-8)10-5-3-4-6-13(10)2;1-16-5-3-2-4-6(16)7-13-8(15-14-7)9(10,11)12;;;/h3*3-6,8-13H,2H2,1H3;5-8H,1-4H3;3-7H,1-2H3;2-5H,1H3;;;/q3*-1;;;;;;. The molecule has 123 heavy (non-hydrogen) atoms. The molecular weight excluding hydrogens is 2080 g/mol. The van der Waals surface area contributed by atoms with E-state index in [2.05, 4.69) is 268 Å². The molecule has 23 nitrogen and oxygen atoms in total. The summed E-state index contributed by atoms with van der Waals surface area (Å²) < 4.78 is 49.4. The van der Waals surface area contributed by atoms with E-state index in [1.807, 2.05) is 121 Å². The molecule has 15 heterocycles. The number of aromatic nitrogens is 23. The number of benzene rings is 6. The molecule has 3 radical (unpaired) electrons. The fourth-order valence-electron chi connectivity index (χ4n) is 14.4. The molecule has 0 spiro atoms. The molecule has 0 aliphatic rings.